The van der Waals surface area contributed by atoms with Gasteiger partial charge in [-0.1, -0.05) is 19.1 Å². The van der Waals surface area contributed by atoms with Gasteiger partial charge in [0.2, 0.25) is 5.91 Å². The van der Waals surface area contributed by atoms with Crippen LogP contribution < -0.4 is 5.32 Å². The van der Waals surface area contributed by atoms with E-state index in [0.29, 0.717) is 25.1 Å². The van der Waals surface area contributed by atoms with Gasteiger partial charge in [-0.2, -0.15) is 0 Å². The number of amides is 2. The lowest BCUT2D eigenvalue weighted by Gasteiger charge is -2.40. The van der Waals surface area contributed by atoms with Crippen LogP contribution in [0.2, 0.25) is 0 Å². The Morgan fingerprint density at radius 1 is 1.11 bits per heavy atom. The highest BCUT2D eigenvalue weighted by molar-refractivity contribution is 5.95. The van der Waals surface area contributed by atoms with E-state index in [9.17, 15) is 9.59 Å². The molecule has 1 aromatic rings. The maximum atomic E-state index is 13.0. The molecule has 0 atom stereocenters. The summed E-state index contributed by atoms with van der Waals surface area (Å²) < 4.78 is 0. The van der Waals surface area contributed by atoms with E-state index in [1.807, 2.05) is 42.3 Å². The maximum absolute atomic E-state index is 13.0. The van der Waals surface area contributed by atoms with Gasteiger partial charge in [-0.3, -0.25) is 9.59 Å². The van der Waals surface area contributed by atoms with Crippen molar-refractivity contribution in [2.45, 2.75) is 40.7 Å². The number of carbonyl (C=O) groups excluding carboxylic acids is 2. The number of nitrogens with one attached hydrogen (secondary N) is 1. The molecular formula is C21H32N4O2. The van der Waals surface area contributed by atoms with Gasteiger partial charge in [0.25, 0.3) is 5.91 Å². The third kappa shape index (κ3) is 5.25. The minimum atomic E-state index is -0.000854. The molecule has 6 heteroatoms. The molecule has 0 spiro atoms. The average molecular weight is 373 g/mol. The summed E-state index contributed by atoms with van der Waals surface area (Å²) in [5.74, 6) is 1.11. The molecule has 0 aromatic heterocycles. The second-order valence-electron chi connectivity index (χ2n) is 6.57. The lowest BCUT2D eigenvalue weighted by atomic mass is 10.1. The highest BCUT2D eigenvalue weighted by Gasteiger charge is 2.24. The number of rotatable bonds is 8. The van der Waals surface area contributed by atoms with Crippen LogP contribution in [0.5, 0.6) is 0 Å². The third-order valence-corrected chi connectivity index (χ3v) is 4.92. The Morgan fingerprint density at radius 3 is 2.48 bits per heavy atom. The van der Waals surface area contributed by atoms with Crippen LogP contribution in [0.25, 0.3) is 0 Å². The highest BCUT2D eigenvalue weighted by atomic mass is 16.2. The van der Waals surface area contributed by atoms with Crippen LogP contribution >= 0.6 is 0 Å². The summed E-state index contributed by atoms with van der Waals surface area (Å²) in [5.41, 5.74) is 1.58. The van der Waals surface area contributed by atoms with Crippen LogP contribution in [-0.4, -0.2) is 59.2 Å². The number of hydrogen-bond donors (Lipinski definition) is 1. The van der Waals surface area contributed by atoms with Crippen molar-refractivity contribution >= 4 is 11.8 Å². The molecule has 0 saturated heterocycles. The fraction of sp³-hybridized carbons (Fsp3) is 0.524. The molecule has 0 aliphatic carbocycles. The van der Waals surface area contributed by atoms with Crippen LogP contribution in [0.1, 0.15) is 50.0 Å². The van der Waals surface area contributed by atoms with E-state index in [-0.39, 0.29) is 11.8 Å². The van der Waals surface area contributed by atoms with Crippen molar-refractivity contribution in [1.29, 1.82) is 0 Å². The molecule has 0 bridgehead atoms. The molecule has 2 amide bonds. The Hall–Kier alpha value is -2.50. The molecule has 1 aliphatic rings. The molecule has 0 radical (unpaired) electrons. The van der Waals surface area contributed by atoms with Gasteiger partial charge in [-0.15, -0.1) is 0 Å². The fourth-order valence-corrected chi connectivity index (χ4v) is 3.24. The molecule has 0 unspecified atom stereocenters. The largest absolute Gasteiger partial charge is 0.358 e. The second-order valence-corrected chi connectivity index (χ2v) is 6.57. The Labute approximate surface area is 162 Å². The summed E-state index contributed by atoms with van der Waals surface area (Å²) in [7, 11) is 0. The smallest absolute Gasteiger partial charge is 0.257 e. The minimum absolute atomic E-state index is 0.000854. The van der Waals surface area contributed by atoms with Crippen LogP contribution in [0, 0.1) is 0 Å². The number of likely N-dealkylation sites (N-methyl/N-ethyl adjacent to an activating group) is 1. The van der Waals surface area contributed by atoms with E-state index in [4.69, 9.17) is 0 Å². The summed E-state index contributed by atoms with van der Waals surface area (Å²) in [6.45, 7) is 12.9. The minimum Gasteiger partial charge on any atom is -0.358 e. The van der Waals surface area contributed by atoms with Crippen molar-refractivity contribution in [3.63, 3.8) is 0 Å². The molecule has 6 nitrogen and oxygen atoms in total. The van der Waals surface area contributed by atoms with Gasteiger partial charge < -0.3 is 20.0 Å². The van der Waals surface area contributed by atoms with Crippen molar-refractivity contribution in [3.05, 3.63) is 47.4 Å². The quantitative estimate of drug-likeness (QED) is 0.762. The van der Waals surface area contributed by atoms with Crippen molar-refractivity contribution in [3.8, 4) is 0 Å². The SMILES string of the molecule is CCC(=O)NCc1cccc(C(=O)N2C=C(N(CC)CC)N(CC)CC2)c1. The first-order chi connectivity index (χ1) is 13.0. The first-order valence-corrected chi connectivity index (χ1v) is 9.92. The van der Waals surface area contributed by atoms with Gasteiger partial charge in [0, 0.05) is 57.5 Å². The van der Waals surface area contributed by atoms with Crippen LogP contribution in [0.3, 0.4) is 0 Å². The summed E-state index contributed by atoms with van der Waals surface area (Å²) in [6.07, 6.45) is 2.44. The topological polar surface area (TPSA) is 55.9 Å². The Kier molecular flexibility index (Phi) is 7.70. The summed E-state index contributed by atoms with van der Waals surface area (Å²) in [5, 5.41) is 2.86. The Balaban J connectivity index is 2.18. The number of carbonyl (C=O) groups is 2. The molecule has 1 aliphatic heterocycles. The van der Waals surface area contributed by atoms with Crippen molar-refractivity contribution in [2.24, 2.45) is 0 Å². The van der Waals surface area contributed by atoms with E-state index >= 15 is 0 Å². The second kappa shape index (κ2) is 10.00. The maximum Gasteiger partial charge on any atom is 0.257 e. The molecule has 1 heterocycles. The lowest BCUT2D eigenvalue weighted by Crippen LogP contribution is -2.46. The van der Waals surface area contributed by atoms with Crippen molar-refractivity contribution in [1.82, 2.24) is 20.0 Å². The standard InChI is InChI=1S/C21H32N4O2/c1-5-19(26)22-15-17-10-9-11-18(14-17)21(27)25-13-12-24(8-4)20(16-25)23(6-2)7-3/h9-11,14,16H,5-8,12-13,15H2,1-4H3,(H,22,26). The summed E-state index contributed by atoms with van der Waals surface area (Å²) in [6, 6.07) is 7.51. The van der Waals surface area contributed by atoms with Crippen LogP contribution in [0.4, 0.5) is 0 Å². The van der Waals surface area contributed by atoms with Gasteiger partial charge >= 0.3 is 0 Å². The van der Waals surface area contributed by atoms with Crippen LogP contribution in [-0.2, 0) is 11.3 Å². The van der Waals surface area contributed by atoms with Crippen molar-refractivity contribution in [2.75, 3.05) is 32.7 Å². The summed E-state index contributed by atoms with van der Waals surface area (Å²) >= 11 is 0. The van der Waals surface area contributed by atoms with E-state index < -0.39 is 0 Å². The van der Waals surface area contributed by atoms with E-state index in [0.717, 1.165) is 37.6 Å². The third-order valence-electron chi connectivity index (χ3n) is 4.92. The molecular weight excluding hydrogens is 340 g/mol. The van der Waals surface area contributed by atoms with E-state index in [1.165, 1.54) is 0 Å². The number of benzene rings is 1. The first kappa shape index (κ1) is 20.8. The molecule has 1 N–H and O–H groups in total. The summed E-state index contributed by atoms with van der Waals surface area (Å²) in [4.78, 5) is 30.9. The molecule has 2 rings (SSSR count). The highest BCUT2D eigenvalue weighted by Crippen LogP contribution is 2.19. The van der Waals surface area contributed by atoms with Crippen LogP contribution in [0.15, 0.2) is 36.3 Å². The van der Waals surface area contributed by atoms with E-state index in [2.05, 4.69) is 35.9 Å². The zero-order chi connectivity index (χ0) is 19.8. The fourth-order valence-electron chi connectivity index (χ4n) is 3.24. The normalized spacial score (nSPS) is 14.0. The number of hydrogen-bond acceptors (Lipinski definition) is 4. The molecule has 0 saturated carbocycles. The molecule has 0 fully saturated rings. The van der Waals surface area contributed by atoms with Gasteiger partial charge in [0.1, 0.15) is 5.82 Å². The first-order valence-electron chi connectivity index (χ1n) is 9.92. The predicted molar refractivity (Wildman–Crippen MR) is 108 cm³/mol. The Morgan fingerprint density at radius 2 is 1.85 bits per heavy atom. The number of nitrogens with zero attached hydrogens (tertiary/aromatic N) is 3. The van der Waals surface area contributed by atoms with Crippen molar-refractivity contribution < 1.29 is 9.59 Å². The lowest BCUT2D eigenvalue weighted by molar-refractivity contribution is -0.120. The Bertz CT molecular complexity index is 683. The zero-order valence-corrected chi connectivity index (χ0v) is 17.0. The monoisotopic (exact) mass is 372 g/mol. The molecule has 148 valence electrons. The van der Waals surface area contributed by atoms with Gasteiger partial charge in [-0.05, 0) is 38.5 Å². The molecule has 27 heavy (non-hydrogen) atoms. The zero-order valence-electron chi connectivity index (χ0n) is 17.0. The van der Waals surface area contributed by atoms with Gasteiger partial charge in [0.05, 0.1) is 0 Å². The average Bonchev–Trinajstić information content (AvgIpc) is 2.72. The van der Waals surface area contributed by atoms with Gasteiger partial charge in [0.15, 0.2) is 0 Å². The predicted octanol–water partition coefficient (Wildman–Crippen LogP) is 2.63. The van der Waals surface area contributed by atoms with E-state index in [1.54, 1.807) is 0 Å². The molecule has 1 aromatic carbocycles. The van der Waals surface area contributed by atoms with Gasteiger partial charge in [-0.25, -0.2) is 0 Å².